The van der Waals surface area contributed by atoms with Crippen LogP contribution in [-0.4, -0.2) is 11.2 Å². The fourth-order valence-corrected chi connectivity index (χ4v) is 2.09. The molecule has 2 aromatic carbocycles. The molecule has 0 spiro atoms. The van der Waals surface area contributed by atoms with Gasteiger partial charge in [0.25, 0.3) is 0 Å². The van der Waals surface area contributed by atoms with Crippen LogP contribution in [0.15, 0.2) is 64.8 Å². The topological polar surface area (TPSA) is 48.8 Å². The maximum absolute atomic E-state index is 5.24. The number of azo groups is 1. The largest absolute Gasteiger partial charge is 0.360 e. The van der Waals surface area contributed by atoms with E-state index in [2.05, 4.69) is 20.9 Å². The molecular weight excluding hydrogens is 280 g/mol. The Labute approximate surface area is 129 Å². The van der Waals surface area contributed by atoms with Crippen molar-refractivity contribution >= 4 is 34.4 Å². The van der Waals surface area contributed by atoms with E-state index in [1.165, 1.54) is 12.8 Å². The fraction of sp³-hybridized carbons (Fsp3) is 0.188. The maximum Gasteiger partial charge on any atom is 0.170 e. The second-order valence-corrected chi connectivity index (χ2v) is 5.36. The second-order valence-electron chi connectivity index (χ2n) is 4.96. The van der Waals surface area contributed by atoms with Crippen LogP contribution in [0.2, 0.25) is 0 Å². The van der Waals surface area contributed by atoms with E-state index < -0.39 is 0 Å². The lowest BCUT2D eigenvalue weighted by Crippen LogP contribution is -2.29. The molecule has 0 aromatic heterocycles. The molecule has 3 rings (SSSR count). The first-order valence-electron chi connectivity index (χ1n) is 6.94. The molecule has 106 valence electrons. The minimum absolute atomic E-state index is 0.559. The smallest absolute Gasteiger partial charge is 0.170 e. The first-order chi connectivity index (χ1) is 10.3. The number of anilines is 1. The van der Waals surface area contributed by atoms with Crippen molar-refractivity contribution in [3.63, 3.8) is 0 Å². The van der Waals surface area contributed by atoms with Gasteiger partial charge in [0.15, 0.2) is 5.11 Å². The van der Waals surface area contributed by atoms with E-state index in [0.717, 1.165) is 17.1 Å². The fourth-order valence-electron chi connectivity index (χ4n) is 1.80. The Hall–Kier alpha value is -2.27. The maximum atomic E-state index is 5.24. The molecule has 2 N–H and O–H groups in total. The number of nitrogens with zero attached hydrogens (tertiary/aromatic N) is 2. The third kappa shape index (κ3) is 4.36. The highest BCUT2D eigenvalue weighted by Crippen LogP contribution is 2.21. The van der Waals surface area contributed by atoms with Crippen LogP contribution < -0.4 is 10.6 Å². The number of benzene rings is 2. The van der Waals surface area contributed by atoms with E-state index in [0.29, 0.717) is 11.2 Å². The van der Waals surface area contributed by atoms with E-state index in [1.807, 2.05) is 54.6 Å². The van der Waals surface area contributed by atoms with Crippen molar-refractivity contribution in [1.82, 2.24) is 5.32 Å². The average molecular weight is 296 g/mol. The van der Waals surface area contributed by atoms with Crippen molar-refractivity contribution in [1.29, 1.82) is 0 Å². The SMILES string of the molecule is S=C(Nc1ccc(N=Nc2ccccc2)cc1)NC1CC1. The molecule has 0 aliphatic heterocycles. The summed E-state index contributed by atoms with van der Waals surface area (Å²) in [5, 5.41) is 15.5. The molecule has 21 heavy (non-hydrogen) atoms. The normalized spacial score (nSPS) is 14.1. The van der Waals surface area contributed by atoms with Gasteiger partial charge in [-0.15, -0.1) is 0 Å². The molecule has 1 saturated carbocycles. The van der Waals surface area contributed by atoms with Crippen LogP contribution in [0.4, 0.5) is 17.1 Å². The third-order valence-corrected chi connectivity index (χ3v) is 3.29. The van der Waals surface area contributed by atoms with Gasteiger partial charge in [-0.2, -0.15) is 10.2 Å². The van der Waals surface area contributed by atoms with Gasteiger partial charge in [0, 0.05) is 11.7 Å². The Morgan fingerprint density at radius 1 is 0.905 bits per heavy atom. The van der Waals surface area contributed by atoms with Crippen LogP contribution in [-0.2, 0) is 0 Å². The monoisotopic (exact) mass is 296 g/mol. The van der Waals surface area contributed by atoms with E-state index in [4.69, 9.17) is 12.2 Å². The molecule has 0 unspecified atom stereocenters. The number of thiocarbonyl (C=S) groups is 1. The molecule has 2 aromatic rings. The zero-order valence-electron chi connectivity index (χ0n) is 11.5. The van der Waals surface area contributed by atoms with Gasteiger partial charge in [-0.1, -0.05) is 18.2 Å². The summed E-state index contributed by atoms with van der Waals surface area (Å²) in [5.74, 6) is 0. The van der Waals surface area contributed by atoms with Crippen LogP contribution in [0.1, 0.15) is 12.8 Å². The predicted octanol–water partition coefficient (Wildman–Crippen LogP) is 4.55. The molecule has 0 bridgehead atoms. The summed E-state index contributed by atoms with van der Waals surface area (Å²) in [6.07, 6.45) is 2.42. The van der Waals surface area contributed by atoms with Crippen molar-refractivity contribution in [2.75, 3.05) is 5.32 Å². The molecule has 1 aliphatic rings. The summed E-state index contributed by atoms with van der Waals surface area (Å²) >= 11 is 5.24. The summed E-state index contributed by atoms with van der Waals surface area (Å²) in [4.78, 5) is 0. The van der Waals surface area contributed by atoms with Gasteiger partial charge in [-0.05, 0) is 61.5 Å². The predicted molar refractivity (Wildman–Crippen MR) is 89.4 cm³/mol. The summed E-state index contributed by atoms with van der Waals surface area (Å²) in [6.45, 7) is 0. The molecule has 0 amide bonds. The van der Waals surface area contributed by atoms with Crippen molar-refractivity contribution < 1.29 is 0 Å². The first-order valence-corrected chi connectivity index (χ1v) is 7.35. The van der Waals surface area contributed by atoms with Crippen molar-refractivity contribution in [2.45, 2.75) is 18.9 Å². The summed E-state index contributed by atoms with van der Waals surface area (Å²) < 4.78 is 0. The third-order valence-electron chi connectivity index (χ3n) is 3.07. The lowest BCUT2D eigenvalue weighted by molar-refractivity contribution is 0.919. The number of hydrogen-bond acceptors (Lipinski definition) is 3. The summed E-state index contributed by atoms with van der Waals surface area (Å²) in [6, 6.07) is 17.9. The van der Waals surface area contributed by atoms with Crippen molar-refractivity contribution in [3.05, 3.63) is 54.6 Å². The summed E-state index contributed by atoms with van der Waals surface area (Å²) in [5.41, 5.74) is 2.60. The molecule has 0 heterocycles. The van der Waals surface area contributed by atoms with E-state index in [-0.39, 0.29) is 0 Å². The number of rotatable bonds is 4. The molecule has 0 atom stereocenters. The zero-order chi connectivity index (χ0) is 14.5. The van der Waals surface area contributed by atoms with Crippen molar-refractivity contribution in [3.8, 4) is 0 Å². The van der Waals surface area contributed by atoms with Gasteiger partial charge in [0.05, 0.1) is 11.4 Å². The molecule has 0 radical (unpaired) electrons. The van der Waals surface area contributed by atoms with Crippen LogP contribution in [0.5, 0.6) is 0 Å². The van der Waals surface area contributed by atoms with Gasteiger partial charge in [0.1, 0.15) is 0 Å². The Bertz CT molecular complexity index is 633. The van der Waals surface area contributed by atoms with Crippen LogP contribution in [0.25, 0.3) is 0 Å². The molecule has 0 saturated heterocycles. The second kappa shape index (κ2) is 6.45. The van der Waals surface area contributed by atoms with Gasteiger partial charge in [-0.3, -0.25) is 0 Å². The highest BCUT2D eigenvalue weighted by atomic mass is 32.1. The number of nitrogens with one attached hydrogen (secondary N) is 2. The van der Waals surface area contributed by atoms with Crippen LogP contribution in [0.3, 0.4) is 0 Å². The minimum Gasteiger partial charge on any atom is -0.360 e. The Morgan fingerprint density at radius 3 is 2.14 bits per heavy atom. The van der Waals surface area contributed by atoms with Gasteiger partial charge < -0.3 is 10.6 Å². The summed E-state index contributed by atoms with van der Waals surface area (Å²) in [7, 11) is 0. The molecular formula is C16H16N4S. The molecule has 1 aliphatic carbocycles. The average Bonchev–Trinajstić information content (AvgIpc) is 3.31. The minimum atomic E-state index is 0.559. The Balaban J connectivity index is 1.58. The van der Waals surface area contributed by atoms with Gasteiger partial charge in [0.2, 0.25) is 0 Å². The van der Waals surface area contributed by atoms with E-state index >= 15 is 0 Å². The van der Waals surface area contributed by atoms with Gasteiger partial charge >= 0.3 is 0 Å². The number of hydrogen-bond donors (Lipinski definition) is 2. The molecule has 4 nitrogen and oxygen atoms in total. The van der Waals surface area contributed by atoms with E-state index in [9.17, 15) is 0 Å². The highest BCUT2D eigenvalue weighted by molar-refractivity contribution is 7.80. The highest BCUT2D eigenvalue weighted by Gasteiger charge is 2.21. The zero-order valence-corrected chi connectivity index (χ0v) is 12.3. The Kier molecular flexibility index (Phi) is 4.21. The molecule has 5 heteroatoms. The molecule has 1 fully saturated rings. The first kappa shape index (κ1) is 13.7. The lowest BCUT2D eigenvalue weighted by atomic mass is 10.3. The van der Waals surface area contributed by atoms with Crippen molar-refractivity contribution in [2.24, 2.45) is 10.2 Å². The standard InChI is InChI=1S/C16H16N4S/c21-16(17-12-6-7-12)18-13-8-10-15(11-9-13)20-19-14-4-2-1-3-5-14/h1-5,8-12H,6-7H2,(H2,17,18,21). The van der Waals surface area contributed by atoms with Crippen LogP contribution in [0, 0.1) is 0 Å². The van der Waals surface area contributed by atoms with Gasteiger partial charge in [-0.25, -0.2) is 0 Å². The Morgan fingerprint density at radius 2 is 1.52 bits per heavy atom. The van der Waals surface area contributed by atoms with E-state index in [1.54, 1.807) is 0 Å². The lowest BCUT2D eigenvalue weighted by Gasteiger charge is -2.09. The quantitative estimate of drug-likeness (QED) is 0.642. The van der Waals surface area contributed by atoms with Crippen LogP contribution >= 0.6 is 12.2 Å².